The molecule has 3 rings (SSSR count). The highest BCUT2D eigenvalue weighted by Crippen LogP contribution is 2.47. The summed E-state index contributed by atoms with van der Waals surface area (Å²) in [7, 11) is 1.74. The number of fused-ring (bicyclic) bond motifs is 1. The first-order valence-electron chi connectivity index (χ1n) is 9.82. The smallest absolute Gasteiger partial charge is 0.123 e. The summed E-state index contributed by atoms with van der Waals surface area (Å²) < 4.78 is 15.5. The van der Waals surface area contributed by atoms with Gasteiger partial charge in [-0.05, 0) is 73.8 Å². The molecule has 1 aliphatic heterocycles. The largest absolute Gasteiger partial charge is 0.404 e. The number of piperidine rings is 1. The van der Waals surface area contributed by atoms with E-state index >= 15 is 0 Å². The van der Waals surface area contributed by atoms with E-state index < -0.39 is 0 Å². The van der Waals surface area contributed by atoms with Crippen LogP contribution in [-0.2, 0) is 0 Å². The van der Waals surface area contributed by atoms with Gasteiger partial charge in [0.1, 0.15) is 5.82 Å². The number of halogens is 1. The summed E-state index contributed by atoms with van der Waals surface area (Å²) >= 11 is 1.63. The van der Waals surface area contributed by atoms with Gasteiger partial charge in [-0.1, -0.05) is 11.6 Å². The number of hydrogen-bond donors (Lipinski definition) is 2. The molecule has 1 aromatic rings. The SMILES string of the molecule is C=CC12CC(=CN)C(=Nc3ccc(F)cc3)C=C1CCN(SC(C=NC)=C(C)N)C2. The zero-order chi connectivity index (χ0) is 21.7. The third kappa shape index (κ3) is 4.74. The molecule has 2 aliphatic rings. The van der Waals surface area contributed by atoms with E-state index in [0.717, 1.165) is 47.8 Å². The second-order valence-corrected chi connectivity index (χ2v) is 8.65. The Morgan fingerprint density at radius 2 is 2.07 bits per heavy atom. The fraction of sp³-hybridized carbons (Fsp3) is 0.304. The average Bonchev–Trinajstić information content (AvgIpc) is 2.74. The molecule has 1 heterocycles. The highest BCUT2D eigenvalue weighted by molar-refractivity contribution is 8.01. The molecule has 1 aromatic carbocycles. The summed E-state index contributed by atoms with van der Waals surface area (Å²) in [5.74, 6) is -0.277. The van der Waals surface area contributed by atoms with Crippen molar-refractivity contribution in [1.82, 2.24) is 4.31 Å². The van der Waals surface area contributed by atoms with E-state index in [2.05, 4.69) is 22.0 Å². The maximum atomic E-state index is 13.2. The predicted molar refractivity (Wildman–Crippen MR) is 126 cm³/mol. The minimum Gasteiger partial charge on any atom is -0.404 e. The predicted octanol–water partition coefficient (Wildman–Crippen LogP) is 4.49. The molecular weight excluding hydrogens is 397 g/mol. The number of aliphatic imine (C=N–C) groups is 2. The Labute approximate surface area is 182 Å². The molecule has 0 aromatic heterocycles. The minimum atomic E-state index is -0.277. The summed E-state index contributed by atoms with van der Waals surface area (Å²) in [6.07, 6.45) is 9.17. The van der Waals surface area contributed by atoms with E-state index in [1.54, 1.807) is 43.5 Å². The van der Waals surface area contributed by atoms with Gasteiger partial charge in [-0.2, -0.15) is 0 Å². The van der Waals surface area contributed by atoms with E-state index in [9.17, 15) is 4.39 Å². The molecular formula is C23H28FN5S. The van der Waals surface area contributed by atoms with Crippen molar-refractivity contribution < 1.29 is 4.39 Å². The van der Waals surface area contributed by atoms with Crippen molar-refractivity contribution in [1.29, 1.82) is 0 Å². The molecule has 4 N–H and O–H groups in total. The number of hydrogen-bond acceptors (Lipinski definition) is 6. The fourth-order valence-corrected chi connectivity index (χ4v) is 4.82. The second kappa shape index (κ2) is 9.45. The molecule has 30 heavy (non-hydrogen) atoms. The van der Waals surface area contributed by atoms with Gasteiger partial charge in [0.15, 0.2) is 0 Å². The minimum absolute atomic E-state index is 0.213. The Morgan fingerprint density at radius 1 is 1.33 bits per heavy atom. The second-order valence-electron chi connectivity index (χ2n) is 7.51. The maximum Gasteiger partial charge on any atom is 0.123 e. The van der Waals surface area contributed by atoms with Crippen molar-refractivity contribution in [2.24, 2.45) is 26.9 Å². The fourth-order valence-electron chi connectivity index (χ4n) is 3.77. The Morgan fingerprint density at radius 3 is 2.67 bits per heavy atom. The van der Waals surface area contributed by atoms with Gasteiger partial charge < -0.3 is 11.5 Å². The van der Waals surface area contributed by atoms with Crippen LogP contribution in [-0.4, -0.2) is 36.4 Å². The number of nitrogens with two attached hydrogens (primary N) is 2. The molecule has 158 valence electrons. The Balaban J connectivity index is 1.91. The first-order valence-corrected chi connectivity index (χ1v) is 10.6. The highest BCUT2D eigenvalue weighted by Gasteiger charge is 2.41. The van der Waals surface area contributed by atoms with E-state index in [-0.39, 0.29) is 11.2 Å². The third-order valence-corrected chi connectivity index (χ3v) is 6.60. The molecule has 1 fully saturated rings. The van der Waals surface area contributed by atoms with Crippen LogP contribution in [0.15, 0.2) is 80.9 Å². The van der Waals surface area contributed by atoms with Gasteiger partial charge in [0.2, 0.25) is 0 Å². The molecule has 0 amide bonds. The van der Waals surface area contributed by atoms with Crippen LogP contribution in [0.1, 0.15) is 19.8 Å². The van der Waals surface area contributed by atoms with E-state index in [1.165, 1.54) is 17.7 Å². The molecule has 1 aliphatic carbocycles. The van der Waals surface area contributed by atoms with E-state index in [4.69, 9.17) is 16.5 Å². The van der Waals surface area contributed by atoms with Crippen LogP contribution >= 0.6 is 11.9 Å². The van der Waals surface area contributed by atoms with E-state index in [0.29, 0.717) is 5.69 Å². The van der Waals surface area contributed by atoms with Crippen LogP contribution < -0.4 is 11.5 Å². The first kappa shape index (κ1) is 22.1. The zero-order valence-electron chi connectivity index (χ0n) is 17.4. The number of benzene rings is 1. The van der Waals surface area contributed by atoms with Crippen molar-refractivity contribution in [3.63, 3.8) is 0 Å². The molecule has 0 spiro atoms. The topological polar surface area (TPSA) is 80.0 Å². The van der Waals surface area contributed by atoms with E-state index in [1.807, 2.05) is 13.0 Å². The van der Waals surface area contributed by atoms with Crippen LogP contribution in [0.5, 0.6) is 0 Å². The van der Waals surface area contributed by atoms with Crippen LogP contribution in [0.25, 0.3) is 0 Å². The van der Waals surface area contributed by atoms with Gasteiger partial charge in [0, 0.05) is 37.5 Å². The molecule has 1 saturated heterocycles. The van der Waals surface area contributed by atoms with Crippen molar-refractivity contribution in [3.8, 4) is 0 Å². The van der Waals surface area contributed by atoms with Crippen LogP contribution in [0.3, 0.4) is 0 Å². The lowest BCUT2D eigenvalue weighted by Crippen LogP contribution is -2.43. The van der Waals surface area contributed by atoms with Gasteiger partial charge >= 0.3 is 0 Å². The van der Waals surface area contributed by atoms with Crippen molar-refractivity contribution in [3.05, 3.63) is 76.8 Å². The Hall–Kier alpha value is -2.64. The molecule has 0 radical (unpaired) electrons. The monoisotopic (exact) mass is 425 g/mol. The van der Waals surface area contributed by atoms with Crippen LogP contribution in [0, 0.1) is 11.2 Å². The summed E-state index contributed by atoms with van der Waals surface area (Å²) in [6.45, 7) is 7.70. The molecule has 1 unspecified atom stereocenters. The number of nitrogens with zero attached hydrogens (tertiary/aromatic N) is 3. The molecule has 5 nitrogen and oxygen atoms in total. The van der Waals surface area contributed by atoms with Gasteiger partial charge in [0.05, 0.1) is 16.3 Å². The summed E-state index contributed by atoms with van der Waals surface area (Å²) in [4.78, 5) is 9.78. The lowest BCUT2D eigenvalue weighted by Gasteiger charge is -2.45. The third-order valence-electron chi connectivity index (χ3n) is 5.40. The summed E-state index contributed by atoms with van der Waals surface area (Å²) in [5.41, 5.74) is 16.3. The number of rotatable bonds is 5. The summed E-state index contributed by atoms with van der Waals surface area (Å²) in [6, 6.07) is 6.16. The van der Waals surface area contributed by atoms with Crippen LogP contribution in [0.4, 0.5) is 10.1 Å². The van der Waals surface area contributed by atoms with Crippen LogP contribution in [0.2, 0.25) is 0 Å². The number of allylic oxidation sites excluding steroid dienone is 4. The van der Waals surface area contributed by atoms with Gasteiger partial charge in [-0.3, -0.25) is 4.99 Å². The molecule has 7 heteroatoms. The normalized spacial score (nSPS) is 25.9. The summed E-state index contributed by atoms with van der Waals surface area (Å²) in [5, 5.41) is 0. The average molecular weight is 426 g/mol. The molecule has 0 saturated carbocycles. The lowest BCUT2D eigenvalue weighted by molar-refractivity contribution is 0.279. The Bertz CT molecular complexity index is 954. The van der Waals surface area contributed by atoms with Crippen molar-refractivity contribution in [2.75, 3.05) is 20.1 Å². The lowest BCUT2D eigenvalue weighted by atomic mass is 9.67. The van der Waals surface area contributed by atoms with Gasteiger partial charge in [0.25, 0.3) is 0 Å². The first-order chi connectivity index (χ1) is 14.4. The van der Waals surface area contributed by atoms with Gasteiger partial charge in [-0.15, -0.1) is 6.58 Å². The van der Waals surface area contributed by atoms with Crippen molar-refractivity contribution in [2.45, 2.75) is 19.8 Å². The molecule has 0 bridgehead atoms. The standard InChI is InChI=1S/C23H28FN5S/c1-4-23-12-17(13-25)21(28-20-7-5-19(24)6-8-20)11-18(23)9-10-29(15-23)30-22(14-27-3)16(2)26/h4-8,11,13-14H,1,9-10,12,15,25-26H2,2-3H3. The van der Waals surface area contributed by atoms with Crippen molar-refractivity contribution >= 4 is 29.6 Å². The van der Waals surface area contributed by atoms with Gasteiger partial charge in [-0.25, -0.2) is 13.7 Å². The quantitative estimate of drug-likeness (QED) is 0.414. The zero-order valence-corrected chi connectivity index (χ0v) is 18.3. The highest BCUT2D eigenvalue weighted by atomic mass is 32.2. The maximum absolute atomic E-state index is 13.2. The molecule has 1 atom stereocenters. The Kier molecular flexibility index (Phi) is 6.95.